The van der Waals surface area contributed by atoms with Crippen LogP contribution in [0.4, 0.5) is 4.39 Å². The minimum Gasteiger partial charge on any atom is -0.468 e. The molecule has 5 nitrogen and oxygen atoms in total. The van der Waals surface area contributed by atoms with Crippen molar-refractivity contribution in [2.45, 2.75) is 18.0 Å². The Balaban J connectivity index is 2.23. The van der Waals surface area contributed by atoms with E-state index in [0.717, 1.165) is 6.07 Å². The molecule has 102 valence electrons. The van der Waals surface area contributed by atoms with Gasteiger partial charge in [0.15, 0.2) is 0 Å². The van der Waals surface area contributed by atoms with Gasteiger partial charge in [0.05, 0.1) is 12.8 Å². The van der Waals surface area contributed by atoms with Gasteiger partial charge in [0, 0.05) is 6.54 Å². The maximum atomic E-state index is 13.6. The van der Waals surface area contributed by atoms with E-state index in [4.69, 9.17) is 10.2 Å². The molecule has 3 N–H and O–H groups in total. The van der Waals surface area contributed by atoms with Gasteiger partial charge in [0.25, 0.3) is 0 Å². The van der Waals surface area contributed by atoms with Gasteiger partial charge in [-0.2, -0.15) is 0 Å². The van der Waals surface area contributed by atoms with E-state index in [1.807, 2.05) is 0 Å². The Bertz CT molecular complexity index is 654. The number of nitrogens with two attached hydrogens (primary N) is 1. The van der Waals surface area contributed by atoms with Crippen LogP contribution in [-0.4, -0.2) is 8.42 Å². The minimum atomic E-state index is -3.94. The maximum absolute atomic E-state index is 13.6. The lowest BCUT2D eigenvalue weighted by atomic mass is 10.2. The molecular formula is C12H13FN2O3S. The van der Waals surface area contributed by atoms with E-state index in [0.29, 0.717) is 11.3 Å². The van der Waals surface area contributed by atoms with Crippen LogP contribution in [0.25, 0.3) is 0 Å². The predicted molar refractivity (Wildman–Crippen MR) is 67.0 cm³/mol. The number of hydrogen-bond acceptors (Lipinski definition) is 4. The van der Waals surface area contributed by atoms with Crippen LogP contribution >= 0.6 is 0 Å². The highest BCUT2D eigenvalue weighted by Crippen LogP contribution is 2.16. The van der Waals surface area contributed by atoms with Crippen molar-refractivity contribution >= 4 is 10.0 Å². The lowest BCUT2D eigenvalue weighted by molar-refractivity contribution is 0.497. The highest BCUT2D eigenvalue weighted by atomic mass is 32.2. The summed E-state index contributed by atoms with van der Waals surface area (Å²) in [6, 6.07) is 7.01. The third-order valence-corrected chi connectivity index (χ3v) is 3.95. The molecule has 0 radical (unpaired) electrons. The van der Waals surface area contributed by atoms with Crippen LogP contribution in [0.15, 0.2) is 45.9 Å². The fourth-order valence-electron chi connectivity index (χ4n) is 1.54. The summed E-state index contributed by atoms with van der Waals surface area (Å²) in [7, 11) is -3.94. The first-order chi connectivity index (χ1) is 9.03. The topological polar surface area (TPSA) is 85.3 Å². The second-order valence-corrected chi connectivity index (χ2v) is 5.61. The molecule has 0 spiro atoms. The van der Waals surface area contributed by atoms with E-state index < -0.39 is 20.7 Å². The summed E-state index contributed by atoms with van der Waals surface area (Å²) in [6.45, 7) is 0.0998. The Morgan fingerprint density at radius 1 is 1.32 bits per heavy atom. The number of sulfonamides is 1. The number of rotatable bonds is 5. The van der Waals surface area contributed by atoms with Crippen LogP contribution in [0.2, 0.25) is 0 Å². The lowest BCUT2D eigenvalue weighted by Crippen LogP contribution is -2.24. The first-order valence-electron chi connectivity index (χ1n) is 5.53. The first-order valence-corrected chi connectivity index (χ1v) is 7.02. The molecule has 0 aliphatic rings. The molecule has 0 aliphatic carbocycles. The van der Waals surface area contributed by atoms with E-state index in [2.05, 4.69) is 4.72 Å². The van der Waals surface area contributed by atoms with Gasteiger partial charge in [-0.05, 0) is 29.8 Å². The van der Waals surface area contributed by atoms with Crippen molar-refractivity contribution in [1.82, 2.24) is 4.72 Å². The van der Waals surface area contributed by atoms with Gasteiger partial charge >= 0.3 is 0 Å². The van der Waals surface area contributed by atoms with Gasteiger partial charge in [-0.1, -0.05) is 6.07 Å². The second-order valence-electron chi connectivity index (χ2n) is 3.87. The van der Waals surface area contributed by atoms with Gasteiger partial charge in [0.2, 0.25) is 10.0 Å². The van der Waals surface area contributed by atoms with E-state index in [1.54, 1.807) is 12.1 Å². The number of benzene rings is 1. The van der Waals surface area contributed by atoms with Crippen molar-refractivity contribution in [3.63, 3.8) is 0 Å². The van der Waals surface area contributed by atoms with Gasteiger partial charge in [-0.25, -0.2) is 17.5 Å². The Morgan fingerprint density at radius 2 is 2.11 bits per heavy atom. The zero-order chi connectivity index (χ0) is 13.9. The molecule has 0 amide bonds. The molecular weight excluding hydrogens is 271 g/mol. The molecule has 0 saturated heterocycles. The molecule has 0 atom stereocenters. The minimum absolute atomic E-state index is 0.0401. The highest BCUT2D eigenvalue weighted by Gasteiger charge is 2.19. The Hall–Kier alpha value is -1.70. The van der Waals surface area contributed by atoms with Gasteiger partial charge in [-0.3, -0.25) is 0 Å². The summed E-state index contributed by atoms with van der Waals surface area (Å²) in [5.74, 6) is -0.372. The number of hydrogen-bond donors (Lipinski definition) is 2. The molecule has 0 aliphatic heterocycles. The highest BCUT2D eigenvalue weighted by molar-refractivity contribution is 7.89. The summed E-state index contributed by atoms with van der Waals surface area (Å²) in [5.41, 5.74) is 5.95. The Morgan fingerprint density at radius 3 is 2.74 bits per heavy atom. The van der Waals surface area contributed by atoms with Crippen molar-refractivity contribution < 1.29 is 17.2 Å². The number of halogens is 1. The smallest absolute Gasteiger partial charge is 0.243 e. The standard InChI is InChI=1S/C12H13FN2O3S/c13-11-4-3-9(7-14)6-12(11)19(16,17)15-8-10-2-1-5-18-10/h1-6,15H,7-8,14H2. The molecule has 2 rings (SSSR count). The quantitative estimate of drug-likeness (QED) is 0.868. The zero-order valence-corrected chi connectivity index (χ0v) is 10.8. The van der Waals surface area contributed by atoms with Crippen LogP contribution < -0.4 is 10.5 Å². The molecule has 0 bridgehead atoms. The van der Waals surface area contributed by atoms with Gasteiger partial charge in [-0.15, -0.1) is 0 Å². The average Bonchev–Trinajstić information content (AvgIpc) is 2.90. The van der Waals surface area contributed by atoms with Gasteiger partial charge < -0.3 is 10.2 Å². The van der Waals surface area contributed by atoms with E-state index in [1.165, 1.54) is 18.4 Å². The molecule has 1 aromatic carbocycles. The molecule has 7 heteroatoms. The molecule has 19 heavy (non-hydrogen) atoms. The van der Waals surface area contributed by atoms with Crippen LogP contribution in [-0.2, 0) is 23.1 Å². The van der Waals surface area contributed by atoms with E-state index in [9.17, 15) is 12.8 Å². The Kier molecular flexibility index (Phi) is 3.98. The number of furan rings is 1. The summed E-state index contributed by atoms with van der Waals surface area (Å²) in [5, 5.41) is 0. The van der Waals surface area contributed by atoms with Crippen molar-refractivity contribution in [3.05, 3.63) is 53.7 Å². The molecule has 0 fully saturated rings. The van der Waals surface area contributed by atoms with Crippen LogP contribution in [0.5, 0.6) is 0 Å². The van der Waals surface area contributed by atoms with Gasteiger partial charge in [0.1, 0.15) is 16.5 Å². The third kappa shape index (κ3) is 3.19. The summed E-state index contributed by atoms with van der Waals surface area (Å²) in [4.78, 5) is -0.415. The fourth-order valence-corrected chi connectivity index (χ4v) is 2.66. The zero-order valence-electron chi connectivity index (χ0n) is 9.97. The normalized spacial score (nSPS) is 11.7. The SMILES string of the molecule is NCc1ccc(F)c(S(=O)(=O)NCc2ccco2)c1. The van der Waals surface area contributed by atoms with Crippen molar-refractivity contribution in [2.75, 3.05) is 0 Å². The molecule has 2 aromatic rings. The Labute approximate surface area is 110 Å². The maximum Gasteiger partial charge on any atom is 0.243 e. The van der Waals surface area contributed by atoms with Crippen LogP contribution in [0, 0.1) is 5.82 Å². The molecule has 1 heterocycles. The fraction of sp³-hybridized carbons (Fsp3) is 0.167. The summed E-state index contributed by atoms with van der Waals surface area (Å²) in [6.07, 6.45) is 1.43. The lowest BCUT2D eigenvalue weighted by Gasteiger charge is -2.08. The monoisotopic (exact) mass is 284 g/mol. The van der Waals surface area contributed by atoms with Crippen LogP contribution in [0.3, 0.4) is 0 Å². The molecule has 0 saturated carbocycles. The predicted octanol–water partition coefficient (Wildman–Crippen LogP) is 1.36. The summed E-state index contributed by atoms with van der Waals surface area (Å²) < 4.78 is 44.8. The molecule has 0 unspecified atom stereocenters. The average molecular weight is 284 g/mol. The van der Waals surface area contributed by atoms with Crippen molar-refractivity contribution in [1.29, 1.82) is 0 Å². The van der Waals surface area contributed by atoms with E-state index >= 15 is 0 Å². The largest absolute Gasteiger partial charge is 0.468 e. The van der Waals surface area contributed by atoms with Crippen LogP contribution in [0.1, 0.15) is 11.3 Å². The van der Waals surface area contributed by atoms with Crippen molar-refractivity contribution in [3.8, 4) is 0 Å². The summed E-state index contributed by atoms with van der Waals surface area (Å²) >= 11 is 0. The van der Waals surface area contributed by atoms with E-state index in [-0.39, 0.29) is 13.1 Å². The second kappa shape index (κ2) is 5.52. The third-order valence-electron chi connectivity index (χ3n) is 2.54. The first kappa shape index (κ1) is 13.7. The van der Waals surface area contributed by atoms with Crippen molar-refractivity contribution in [2.24, 2.45) is 5.73 Å². The number of nitrogens with one attached hydrogen (secondary N) is 1. The molecule has 1 aromatic heterocycles.